The zero-order valence-electron chi connectivity index (χ0n) is 15.5. The monoisotopic (exact) mass is 504 g/mol. The topological polar surface area (TPSA) is 78.8 Å². The standard InChI is InChI=1S/C19H25ClN4O2.HI/c1-3-22-19(24-13-18(25)15-6-9-21-10-7-15)23-11-8-14-4-5-16(26-2)12-17(14)20;/h4-7,9-10,12,18,25H,3,8,11,13H2,1-2H3,(H2,22,23,24);1H. The average Bonchev–Trinajstić information content (AvgIpc) is 2.67. The maximum atomic E-state index is 10.2. The van der Waals surface area contributed by atoms with E-state index in [-0.39, 0.29) is 30.5 Å². The van der Waals surface area contributed by atoms with E-state index in [1.165, 1.54) is 0 Å². The van der Waals surface area contributed by atoms with Gasteiger partial charge in [0.1, 0.15) is 5.75 Å². The fourth-order valence-corrected chi connectivity index (χ4v) is 2.65. The molecule has 2 aromatic rings. The Labute approximate surface area is 182 Å². The molecule has 0 aliphatic carbocycles. The van der Waals surface area contributed by atoms with Gasteiger partial charge in [0.05, 0.1) is 19.8 Å². The molecule has 2 rings (SSSR count). The van der Waals surface area contributed by atoms with Gasteiger partial charge in [-0.25, -0.2) is 0 Å². The summed E-state index contributed by atoms with van der Waals surface area (Å²) in [6.45, 7) is 3.67. The zero-order valence-corrected chi connectivity index (χ0v) is 18.6. The Hall–Kier alpha value is -1.58. The van der Waals surface area contributed by atoms with E-state index in [1.807, 2.05) is 19.1 Å². The maximum Gasteiger partial charge on any atom is 0.191 e. The molecule has 148 valence electrons. The third kappa shape index (κ3) is 7.90. The molecule has 8 heteroatoms. The van der Waals surface area contributed by atoms with E-state index in [9.17, 15) is 5.11 Å². The summed E-state index contributed by atoms with van der Waals surface area (Å²) in [4.78, 5) is 8.39. The fourth-order valence-electron chi connectivity index (χ4n) is 2.38. The maximum absolute atomic E-state index is 10.2. The van der Waals surface area contributed by atoms with Crippen molar-refractivity contribution in [3.63, 3.8) is 0 Å². The van der Waals surface area contributed by atoms with Gasteiger partial charge in [-0.1, -0.05) is 17.7 Å². The predicted molar refractivity (Wildman–Crippen MR) is 120 cm³/mol. The lowest BCUT2D eigenvalue weighted by molar-refractivity contribution is 0.187. The normalized spacial score (nSPS) is 12.1. The number of aliphatic imine (C=N–C) groups is 1. The number of aromatic nitrogens is 1. The molecule has 3 N–H and O–H groups in total. The van der Waals surface area contributed by atoms with Gasteiger partial charge in [0.25, 0.3) is 0 Å². The highest BCUT2D eigenvalue weighted by molar-refractivity contribution is 14.0. The van der Waals surface area contributed by atoms with Crippen LogP contribution in [0.25, 0.3) is 0 Å². The summed E-state index contributed by atoms with van der Waals surface area (Å²) in [5.41, 5.74) is 1.83. The second-order valence-electron chi connectivity index (χ2n) is 5.65. The van der Waals surface area contributed by atoms with Crippen molar-refractivity contribution in [2.75, 3.05) is 26.7 Å². The number of rotatable bonds is 8. The van der Waals surface area contributed by atoms with Gasteiger partial charge in [-0.3, -0.25) is 9.98 Å². The molecule has 1 aromatic carbocycles. The number of halogens is 2. The lowest BCUT2D eigenvalue weighted by Crippen LogP contribution is -2.38. The van der Waals surface area contributed by atoms with E-state index < -0.39 is 6.10 Å². The van der Waals surface area contributed by atoms with E-state index >= 15 is 0 Å². The summed E-state index contributed by atoms with van der Waals surface area (Å²) in [5, 5.41) is 17.3. The number of hydrogen-bond donors (Lipinski definition) is 3. The van der Waals surface area contributed by atoms with Crippen LogP contribution >= 0.6 is 35.6 Å². The molecule has 0 aliphatic rings. The average molecular weight is 505 g/mol. The Morgan fingerprint density at radius 2 is 2.00 bits per heavy atom. The molecule has 0 aliphatic heterocycles. The van der Waals surface area contributed by atoms with Crippen molar-refractivity contribution >= 4 is 41.5 Å². The molecule has 0 amide bonds. The first-order chi connectivity index (χ1) is 12.6. The first kappa shape index (κ1) is 23.5. The lowest BCUT2D eigenvalue weighted by atomic mass is 10.1. The molecular formula is C19H26ClIN4O2. The summed E-state index contributed by atoms with van der Waals surface area (Å²) in [5.74, 6) is 1.40. The van der Waals surface area contributed by atoms with E-state index in [4.69, 9.17) is 16.3 Å². The molecule has 0 bridgehead atoms. The highest BCUT2D eigenvalue weighted by atomic mass is 127. The highest BCUT2D eigenvalue weighted by Gasteiger charge is 2.07. The van der Waals surface area contributed by atoms with Gasteiger partial charge in [-0.15, -0.1) is 24.0 Å². The van der Waals surface area contributed by atoms with Gasteiger partial charge in [0.15, 0.2) is 5.96 Å². The van der Waals surface area contributed by atoms with Gasteiger partial charge in [0.2, 0.25) is 0 Å². The summed E-state index contributed by atoms with van der Waals surface area (Å²) in [6, 6.07) is 9.23. The number of aliphatic hydroxyl groups is 1. The number of nitrogens with one attached hydrogen (secondary N) is 2. The number of hydrogen-bond acceptors (Lipinski definition) is 4. The number of ether oxygens (including phenoxy) is 1. The minimum Gasteiger partial charge on any atom is -0.497 e. The van der Waals surface area contributed by atoms with Crippen LogP contribution in [0.2, 0.25) is 5.02 Å². The van der Waals surface area contributed by atoms with Gasteiger partial charge in [-0.05, 0) is 48.7 Å². The summed E-state index contributed by atoms with van der Waals surface area (Å²) in [6.07, 6.45) is 3.40. The summed E-state index contributed by atoms with van der Waals surface area (Å²) >= 11 is 6.26. The van der Waals surface area contributed by atoms with Crippen LogP contribution in [0.5, 0.6) is 5.75 Å². The molecule has 1 heterocycles. The first-order valence-electron chi connectivity index (χ1n) is 8.56. The van der Waals surface area contributed by atoms with Crippen molar-refractivity contribution in [3.8, 4) is 5.75 Å². The predicted octanol–water partition coefficient (Wildman–Crippen LogP) is 3.19. The second-order valence-corrected chi connectivity index (χ2v) is 6.06. The molecule has 0 fully saturated rings. The third-order valence-electron chi connectivity index (χ3n) is 3.80. The van der Waals surface area contributed by atoms with Crippen molar-refractivity contribution in [2.45, 2.75) is 19.4 Å². The molecule has 0 spiro atoms. The largest absolute Gasteiger partial charge is 0.497 e. The Balaban J connectivity index is 0.00000364. The number of nitrogens with zero attached hydrogens (tertiary/aromatic N) is 2. The van der Waals surface area contributed by atoms with Crippen LogP contribution in [0, 0.1) is 0 Å². The minimum absolute atomic E-state index is 0. The molecule has 0 saturated carbocycles. The molecule has 27 heavy (non-hydrogen) atoms. The highest BCUT2D eigenvalue weighted by Crippen LogP contribution is 2.22. The molecule has 6 nitrogen and oxygen atoms in total. The van der Waals surface area contributed by atoms with Crippen molar-refractivity contribution in [3.05, 3.63) is 58.9 Å². The van der Waals surface area contributed by atoms with E-state index in [0.29, 0.717) is 17.5 Å². The SMILES string of the molecule is CCNC(=NCC(O)c1ccncc1)NCCc1ccc(OC)cc1Cl.I. The Kier molecular flexibility index (Phi) is 11.1. The van der Waals surface area contributed by atoms with Crippen LogP contribution in [0.15, 0.2) is 47.7 Å². The molecule has 1 unspecified atom stereocenters. The van der Waals surface area contributed by atoms with Crippen LogP contribution in [-0.2, 0) is 6.42 Å². The number of guanidine groups is 1. The second kappa shape index (κ2) is 12.7. The third-order valence-corrected chi connectivity index (χ3v) is 4.16. The lowest BCUT2D eigenvalue weighted by Gasteiger charge is -2.14. The Morgan fingerprint density at radius 1 is 1.26 bits per heavy atom. The van der Waals surface area contributed by atoms with Crippen molar-refractivity contribution in [2.24, 2.45) is 4.99 Å². The van der Waals surface area contributed by atoms with Crippen molar-refractivity contribution < 1.29 is 9.84 Å². The van der Waals surface area contributed by atoms with Crippen LogP contribution in [0.4, 0.5) is 0 Å². The van der Waals surface area contributed by atoms with Crippen molar-refractivity contribution in [1.29, 1.82) is 0 Å². The van der Waals surface area contributed by atoms with Crippen LogP contribution in [-0.4, -0.2) is 42.8 Å². The van der Waals surface area contributed by atoms with Gasteiger partial charge in [0, 0.05) is 30.5 Å². The van der Waals surface area contributed by atoms with Crippen LogP contribution < -0.4 is 15.4 Å². The molecular weight excluding hydrogens is 479 g/mol. The van der Waals surface area contributed by atoms with Crippen LogP contribution in [0.3, 0.4) is 0 Å². The molecule has 0 radical (unpaired) electrons. The van der Waals surface area contributed by atoms with E-state index in [2.05, 4.69) is 20.6 Å². The van der Waals surface area contributed by atoms with E-state index in [1.54, 1.807) is 37.7 Å². The minimum atomic E-state index is -0.663. The molecule has 0 saturated heterocycles. The zero-order chi connectivity index (χ0) is 18.8. The molecule has 1 aromatic heterocycles. The smallest absolute Gasteiger partial charge is 0.191 e. The van der Waals surface area contributed by atoms with Crippen LogP contribution in [0.1, 0.15) is 24.2 Å². The Morgan fingerprint density at radius 3 is 2.63 bits per heavy atom. The van der Waals surface area contributed by atoms with Gasteiger partial charge >= 0.3 is 0 Å². The van der Waals surface area contributed by atoms with Crippen molar-refractivity contribution in [1.82, 2.24) is 15.6 Å². The summed E-state index contributed by atoms with van der Waals surface area (Å²) in [7, 11) is 1.62. The van der Waals surface area contributed by atoms with Gasteiger partial charge in [-0.2, -0.15) is 0 Å². The Bertz CT molecular complexity index is 716. The first-order valence-corrected chi connectivity index (χ1v) is 8.94. The van der Waals surface area contributed by atoms with Gasteiger partial charge < -0.3 is 20.5 Å². The van der Waals surface area contributed by atoms with E-state index in [0.717, 1.165) is 29.8 Å². The molecule has 1 atom stereocenters. The summed E-state index contributed by atoms with van der Waals surface area (Å²) < 4.78 is 5.16. The number of pyridine rings is 1. The quantitative estimate of drug-likeness (QED) is 0.292. The fraction of sp³-hybridized carbons (Fsp3) is 0.368. The number of methoxy groups -OCH3 is 1. The number of aliphatic hydroxyl groups excluding tert-OH is 1. The number of benzene rings is 1.